The van der Waals surface area contributed by atoms with Gasteiger partial charge in [-0.25, -0.2) is 9.67 Å². The van der Waals surface area contributed by atoms with Crippen molar-refractivity contribution in [2.45, 2.75) is 39.2 Å². The molecule has 1 aromatic carbocycles. The largest absolute Gasteiger partial charge is 0.416 e. The maximum atomic E-state index is 13.0. The second-order valence-corrected chi connectivity index (χ2v) is 6.97. The average Bonchev–Trinajstić information content (AvgIpc) is 3.02. The molecule has 30 heavy (non-hydrogen) atoms. The number of aromatic nitrogens is 3. The first-order valence-electron chi connectivity index (χ1n) is 8.73. The first kappa shape index (κ1) is 21.6. The predicted octanol–water partition coefficient (Wildman–Crippen LogP) is 5.61. The standard InChI is InChI=1S/C19H16F6N4O/c1-9(2)29-16-11(8-26-29)4-15(10(3)27-16)17(30)28-14-6-12(18(20,21)22)5-13(7-14)19(23,24)25/h4-9H,1-3H3,(H,28,30). The number of hydrogen-bond donors (Lipinski definition) is 1. The van der Waals surface area contributed by atoms with Crippen LogP contribution in [-0.4, -0.2) is 20.7 Å². The van der Waals surface area contributed by atoms with E-state index in [2.05, 4.69) is 15.4 Å². The summed E-state index contributed by atoms with van der Waals surface area (Å²) in [6.45, 7) is 5.28. The summed E-state index contributed by atoms with van der Waals surface area (Å²) in [5.74, 6) is -0.883. The molecule has 11 heteroatoms. The Morgan fingerprint density at radius 3 is 2.07 bits per heavy atom. The summed E-state index contributed by atoms with van der Waals surface area (Å²) >= 11 is 0. The van der Waals surface area contributed by atoms with Crippen LogP contribution in [0.25, 0.3) is 11.0 Å². The summed E-state index contributed by atoms with van der Waals surface area (Å²) in [6, 6.07) is 2.34. The number of benzene rings is 1. The molecule has 0 saturated heterocycles. The highest BCUT2D eigenvalue weighted by Gasteiger charge is 2.37. The molecule has 1 amide bonds. The number of nitrogens with one attached hydrogen (secondary N) is 1. The molecule has 0 aliphatic rings. The van der Waals surface area contributed by atoms with Gasteiger partial charge in [-0.1, -0.05) is 0 Å². The number of fused-ring (bicyclic) bond motifs is 1. The topological polar surface area (TPSA) is 59.8 Å². The molecule has 5 nitrogen and oxygen atoms in total. The molecule has 0 bridgehead atoms. The molecule has 0 aliphatic heterocycles. The van der Waals surface area contributed by atoms with E-state index >= 15 is 0 Å². The fourth-order valence-electron chi connectivity index (χ4n) is 2.90. The highest BCUT2D eigenvalue weighted by atomic mass is 19.4. The van der Waals surface area contributed by atoms with Crippen LogP contribution in [0.5, 0.6) is 0 Å². The smallest absolute Gasteiger partial charge is 0.322 e. The molecular weight excluding hydrogens is 414 g/mol. The Labute approximate surface area is 166 Å². The number of hydrogen-bond acceptors (Lipinski definition) is 3. The fourth-order valence-corrected chi connectivity index (χ4v) is 2.90. The highest BCUT2D eigenvalue weighted by Crippen LogP contribution is 2.37. The Morgan fingerprint density at radius 1 is 1.00 bits per heavy atom. The van der Waals surface area contributed by atoms with E-state index in [0.717, 1.165) is 0 Å². The molecule has 0 aliphatic carbocycles. The van der Waals surface area contributed by atoms with Gasteiger partial charge in [0.15, 0.2) is 5.65 Å². The molecule has 0 radical (unpaired) electrons. The number of carbonyl (C=O) groups excluding carboxylic acids is 1. The van der Waals surface area contributed by atoms with Crippen molar-refractivity contribution in [2.24, 2.45) is 0 Å². The Bertz CT molecular complexity index is 1080. The van der Waals surface area contributed by atoms with Crippen LogP contribution in [0.1, 0.15) is 47.1 Å². The summed E-state index contributed by atoms with van der Waals surface area (Å²) in [6.07, 6.45) is -8.55. The van der Waals surface area contributed by atoms with Crippen molar-refractivity contribution in [3.8, 4) is 0 Å². The first-order valence-corrected chi connectivity index (χ1v) is 8.73. The number of nitrogens with zero attached hydrogens (tertiary/aromatic N) is 3. The van der Waals surface area contributed by atoms with Gasteiger partial charge < -0.3 is 5.32 Å². The van der Waals surface area contributed by atoms with Crippen LogP contribution in [-0.2, 0) is 12.4 Å². The minimum Gasteiger partial charge on any atom is -0.322 e. The highest BCUT2D eigenvalue weighted by molar-refractivity contribution is 6.06. The van der Waals surface area contributed by atoms with Gasteiger partial charge in [0.25, 0.3) is 5.91 Å². The van der Waals surface area contributed by atoms with Gasteiger partial charge in [0, 0.05) is 17.1 Å². The molecular formula is C19H16F6N4O. The zero-order valence-corrected chi connectivity index (χ0v) is 16.0. The minimum atomic E-state index is -5.01. The van der Waals surface area contributed by atoms with Gasteiger partial charge in [-0.3, -0.25) is 4.79 Å². The molecule has 0 spiro atoms. The second kappa shape index (κ2) is 7.29. The lowest BCUT2D eigenvalue weighted by Crippen LogP contribution is -2.17. The summed E-state index contributed by atoms with van der Waals surface area (Å²) in [5.41, 5.74) is -2.88. The number of aryl methyl sites for hydroxylation is 1. The van der Waals surface area contributed by atoms with E-state index in [1.54, 1.807) is 4.68 Å². The van der Waals surface area contributed by atoms with E-state index in [9.17, 15) is 31.1 Å². The van der Waals surface area contributed by atoms with Gasteiger partial charge in [-0.05, 0) is 45.0 Å². The van der Waals surface area contributed by atoms with Crippen LogP contribution in [0.4, 0.5) is 32.0 Å². The lowest BCUT2D eigenvalue weighted by Gasteiger charge is -2.15. The third kappa shape index (κ3) is 4.24. The molecule has 1 N–H and O–H groups in total. The molecule has 160 valence electrons. The van der Waals surface area contributed by atoms with Crippen LogP contribution in [0.3, 0.4) is 0 Å². The molecule has 0 fully saturated rings. The maximum absolute atomic E-state index is 13.0. The summed E-state index contributed by atoms with van der Waals surface area (Å²) in [7, 11) is 0. The van der Waals surface area contributed by atoms with Crippen LogP contribution in [0.2, 0.25) is 0 Å². The minimum absolute atomic E-state index is 0.0000237. The number of carbonyl (C=O) groups is 1. The van der Waals surface area contributed by atoms with Crippen LogP contribution < -0.4 is 5.32 Å². The van der Waals surface area contributed by atoms with Crippen molar-refractivity contribution in [1.29, 1.82) is 0 Å². The first-order chi connectivity index (χ1) is 13.8. The molecule has 0 unspecified atom stereocenters. The molecule has 2 heterocycles. The lowest BCUT2D eigenvalue weighted by atomic mass is 10.1. The van der Waals surface area contributed by atoms with Gasteiger partial charge in [0.1, 0.15) is 0 Å². The third-order valence-corrected chi connectivity index (χ3v) is 4.34. The Kier molecular flexibility index (Phi) is 5.25. The van der Waals surface area contributed by atoms with E-state index in [1.165, 1.54) is 19.2 Å². The van der Waals surface area contributed by atoms with Gasteiger partial charge in [0.05, 0.1) is 28.6 Å². The van der Waals surface area contributed by atoms with E-state index in [0.29, 0.717) is 23.2 Å². The van der Waals surface area contributed by atoms with E-state index in [1.807, 2.05) is 13.8 Å². The Hall–Kier alpha value is -3.11. The van der Waals surface area contributed by atoms with Crippen molar-refractivity contribution in [2.75, 3.05) is 5.32 Å². The Morgan fingerprint density at radius 2 is 1.57 bits per heavy atom. The lowest BCUT2D eigenvalue weighted by molar-refractivity contribution is -0.143. The second-order valence-electron chi connectivity index (χ2n) is 6.97. The number of rotatable bonds is 3. The summed E-state index contributed by atoms with van der Waals surface area (Å²) < 4.78 is 79.7. The number of anilines is 1. The zero-order valence-electron chi connectivity index (χ0n) is 16.0. The van der Waals surface area contributed by atoms with E-state index in [4.69, 9.17) is 0 Å². The summed E-state index contributed by atoms with van der Waals surface area (Å²) in [5, 5.41) is 6.80. The van der Waals surface area contributed by atoms with Crippen molar-refractivity contribution in [3.05, 3.63) is 52.8 Å². The monoisotopic (exact) mass is 430 g/mol. The maximum Gasteiger partial charge on any atom is 0.416 e. The van der Waals surface area contributed by atoms with Gasteiger partial charge in [0.2, 0.25) is 0 Å². The Balaban J connectivity index is 2.00. The average molecular weight is 430 g/mol. The fraction of sp³-hybridized carbons (Fsp3) is 0.316. The van der Waals surface area contributed by atoms with Crippen molar-refractivity contribution in [3.63, 3.8) is 0 Å². The molecule has 0 saturated carbocycles. The molecule has 0 atom stereocenters. The van der Waals surface area contributed by atoms with Crippen LogP contribution >= 0.6 is 0 Å². The van der Waals surface area contributed by atoms with Crippen LogP contribution in [0.15, 0.2) is 30.5 Å². The van der Waals surface area contributed by atoms with Crippen molar-refractivity contribution in [1.82, 2.24) is 14.8 Å². The SMILES string of the molecule is Cc1nc2c(cnn2C(C)C)cc1C(=O)Nc1cc(C(F)(F)F)cc(C(F)(F)F)c1. The van der Waals surface area contributed by atoms with Gasteiger partial charge in [-0.2, -0.15) is 31.4 Å². The van der Waals surface area contributed by atoms with E-state index in [-0.39, 0.29) is 23.4 Å². The van der Waals surface area contributed by atoms with Crippen molar-refractivity contribution < 1.29 is 31.1 Å². The quantitative estimate of drug-likeness (QED) is 0.550. The third-order valence-electron chi connectivity index (χ3n) is 4.34. The van der Waals surface area contributed by atoms with Gasteiger partial charge >= 0.3 is 12.4 Å². The number of pyridine rings is 1. The number of amides is 1. The normalized spacial score (nSPS) is 12.6. The summed E-state index contributed by atoms with van der Waals surface area (Å²) in [4.78, 5) is 16.9. The molecule has 2 aromatic heterocycles. The number of alkyl halides is 6. The van der Waals surface area contributed by atoms with E-state index < -0.39 is 35.1 Å². The molecule has 3 rings (SSSR count). The van der Waals surface area contributed by atoms with Crippen LogP contribution in [0, 0.1) is 6.92 Å². The van der Waals surface area contributed by atoms with Gasteiger partial charge in [-0.15, -0.1) is 0 Å². The predicted molar refractivity (Wildman–Crippen MR) is 97.0 cm³/mol. The van der Waals surface area contributed by atoms with Crippen molar-refractivity contribution >= 4 is 22.6 Å². The molecule has 3 aromatic rings. The zero-order chi connectivity index (χ0) is 22.4. The number of halogens is 6.